The van der Waals surface area contributed by atoms with E-state index in [0.717, 1.165) is 67.9 Å². The average molecular weight is 515 g/mol. The summed E-state index contributed by atoms with van der Waals surface area (Å²) in [5.41, 5.74) is 1.000. The maximum Gasteiger partial charge on any atom is 0.191 e. The van der Waals surface area contributed by atoms with E-state index in [-0.39, 0.29) is 24.0 Å². The molecule has 0 bridgehead atoms. The lowest BCUT2D eigenvalue weighted by Crippen LogP contribution is -2.40. The molecule has 0 spiro atoms. The van der Waals surface area contributed by atoms with Crippen LogP contribution in [0.2, 0.25) is 0 Å². The molecule has 1 unspecified atom stereocenters. The fourth-order valence-electron chi connectivity index (χ4n) is 3.07. The van der Waals surface area contributed by atoms with Crippen molar-refractivity contribution >= 4 is 29.9 Å². The summed E-state index contributed by atoms with van der Waals surface area (Å²) >= 11 is 0. The Balaban J connectivity index is 0.00000300. The maximum atomic E-state index is 5.47. The third kappa shape index (κ3) is 7.43. The van der Waals surface area contributed by atoms with Crippen molar-refractivity contribution in [3.63, 3.8) is 0 Å². The Bertz CT molecular complexity index is 746. The van der Waals surface area contributed by atoms with Gasteiger partial charge < -0.3 is 29.3 Å². The molecule has 1 aliphatic heterocycles. The van der Waals surface area contributed by atoms with Crippen LogP contribution >= 0.6 is 24.0 Å². The molecule has 8 heteroatoms. The smallest absolute Gasteiger partial charge is 0.191 e. The van der Waals surface area contributed by atoms with Crippen molar-refractivity contribution in [3.05, 3.63) is 47.9 Å². The minimum atomic E-state index is 0. The van der Waals surface area contributed by atoms with Gasteiger partial charge in [-0.1, -0.05) is 0 Å². The third-order valence-electron chi connectivity index (χ3n) is 4.73. The van der Waals surface area contributed by atoms with Gasteiger partial charge >= 0.3 is 0 Å². The van der Waals surface area contributed by atoms with Crippen molar-refractivity contribution in [2.24, 2.45) is 10.9 Å². The average Bonchev–Trinajstić information content (AvgIpc) is 3.43. The van der Waals surface area contributed by atoms with Crippen LogP contribution in [0.5, 0.6) is 11.5 Å². The zero-order valence-electron chi connectivity index (χ0n) is 17.0. The van der Waals surface area contributed by atoms with E-state index >= 15 is 0 Å². The maximum absolute atomic E-state index is 5.47. The highest BCUT2D eigenvalue weighted by atomic mass is 127. The highest BCUT2D eigenvalue weighted by molar-refractivity contribution is 14.0. The van der Waals surface area contributed by atoms with E-state index in [2.05, 4.69) is 10.6 Å². The molecule has 2 aromatic rings. The zero-order chi connectivity index (χ0) is 19.6. The van der Waals surface area contributed by atoms with Crippen molar-refractivity contribution in [1.29, 1.82) is 0 Å². The Morgan fingerprint density at radius 1 is 1.21 bits per heavy atom. The van der Waals surface area contributed by atoms with E-state index in [0.29, 0.717) is 12.5 Å². The summed E-state index contributed by atoms with van der Waals surface area (Å²) in [5, 5.41) is 6.82. The number of ether oxygens (including phenoxy) is 3. The number of nitrogens with zero attached hydrogens (tertiary/aromatic N) is 1. The van der Waals surface area contributed by atoms with Gasteiger partial charge in [0, 0.05) is 43.7 Å². The van der Waals surface area contributed by atoms with Gasteiger partial charge in [-0.25, -0.2) is 4.99 Å². The summed E-state index contributed by atoms with van der Waals surface area (Å²) in [7, 11) is 3.30. The molecular weight excluding hydrogens is 485 g/mol. The quantitative estimate of drug-likeness (QED) is 0.304. The molecule has 1 aromatic heterocycles. The molecule has 1 saturated heterocycles. The molecular formula is C21H30IN3O4. The summed E-state index contributed by atoms with van der Waals surface area (Å²) in [5.74, 6) is 3.78. The van der Waals surface area contributed by atoms with Crippen LogP contribution in [-0.2, 0) is 17.7 Å². The van der Waals surface area contributed by atoms with E-state index in [9.17, 15) is 0 Å². The number of hydrogen-bond donors (Lipinski definition) is 2. The first-order valence-electron chi connectivity index (χ1n) is 9.61. The summed E-state index contributed by atoms with van der Waals surface area (Å²) < 4.78 is 21.6. The van der Waals surface area contributed by atoms with Gasteiger partial charge in [-0.05, 0) is 30.7 Å². The number of rotatable bonds is 9. The normalized spacial score (nSPS) is 16.2. The minimum absolute atomic E-state index is 0. The van der Waals surface area contributed by atoms with E-state index in [1.807, 2.05) is 30.3 Å². The van der Waals surface area contributed by atoms with Gasteiger partial charge in [0.25, 0.3) is 0 Å². The van der Waals surface area contributed by atoms with E-state index < -0.39 is 0 Å². The molecule has 7 nitrogen and oxygen atoms in total. The fraction of sp³-hybridized carbons (Fsp3) is 0.476. The Morgan fingerprint density at radius 2 is 2.10 bits per heavy atom. The summed E-state index contributed by atoms with van der Waals surface area (Å²) in [6.07, 6.45) is 3.57. The lowest BCUT2D eigenvalue weighted by Gasteiger charge is -2.15. The highest BCUT2D eigenvalue weighted by Gasteiger charge is 2.16. The number of guanidine groups is 1. The van der Waals surface area contributed by atoms with Crippen LogP contribution in [0.1, 0.15) is 17.7 Å². The highest BCUT2D eigenvalue weighted by Crippen LogP contribution is 2.25. The molecule has 3 rings (SSSR count). The summed E-state index contributed by atoms with van der Waals surface area (Å²) in [6.45, 7) is 3.73. The van der Waals surface area contributed by atoms with Crippen molar-refractivity contribution in [2.75, 3.05) is 40.5 Å². The van der Waals surface area contributed by atoms with Crippen molar-refractivity contribution in [3.8, 4) is 11.5 Å². The second kappa shape index (κ2) is 12.6. The minimum Gasteiger partial charge on any atom is -0.497 e. The fourth-order valence-corrected chi connectivity index (χ4v) is 3.07. The molecule has 1 aliphatic rings. The van der Waals surface area contributed by atoms with Crippen LogP contribution in [-0.4, -0.2) is 46.5 Å². The largest absolute Gasteiger partial charge is 0.497 e. The lowest BCUT2D eigenvalue weighted by molar-refractivity contribution is 0.186. The Hall–Kier alpha value is -1.94. The molecule has 29 heavy (non-hydrogen) atoms. The SMILES string of the molecule is COc1ccc(CN=C(NCCc2ccco2)NCC2CCOC2)c(OC)c1.I. The first kappa shape index (κ1) is 23.3. The molecule has 0 amide bonds. The summed E-state index contributed by atoms with van der Waals surface area (Å²) in [6, 6.07) is 9.65. The topological polar surface area (TPSA) is 77.2 Å². The Morgan fingerprint density at radius 3 is 2.79 bits per heavy atom. The van der Waals surface area contributed by atoms with Gasteiger partial charge in [-0.2, -0.15) is 0 Å². The van der Waals surface area contributed by atoms with Crippen molar-refractivity contribution in [1.82, 2.24) is 10.6 Å². The molecule has 2 heterocycles. The number of halogens is 1. The Labute approximate surface area is 189 Å². The second-order valence-corrected chi connectivity index (χ2v) is 6.71. The van der Waals surface area contributed by atoms with Gasteiger partial charge in [0.2, 0.25) is 0 Å². The molecule has 1 atom stereocenters. The summed E-state index contributed by atoms with van der Waals surface area (Å²) in [4.78, 5) is 4.74. The van der Waals surface area contributed by atoms with E-state index in [1.165, 1.54) is 0 Å². The van der Waals surface area contributed by atoms with Crippen LogP contribution < -0.4 is 20.1 Å². The van der Waals surface area contributed by atoms with Gasteiger partial charge in [-0.15, -0.1) is 24.0 Å². The van der Waals surface area contributed by atoms with Crippen molar-refractivity contribution < 1.29 is 18.6 Å². The Kier molecular flexibility index (Phi) is 10.1. The van der Waals surface area contributed by atoms with E-state index in [1.54, 1.807) is 20.5 Å². The van der Waals surface area contributed by atoms with Crippen LogP contribution in [0.3, 0.4) is 0 Å². The lowest BCUT2D eigenvalue weighted by atomic mass is 10.1. The number of nitrogens with one attached hydrogen (secondary N) is 2. The van der Waals surface area contributed by atoms with Crippen LogP contribution in [0.25, 0.3) is 0 Å². The zero-order valence-corrected chi connectivity index (χ0v) is 19.3. The predicted octanol–water partition coefficient (Wildman–Crippen LogP) is 3.23. The van der Waals surface area contributed by atoms with Crippen LogP contribution in [0, 0.1) is 5.92 Å². The molecule has 0 radical (unpaired) electrons. The van der Waals surface area contributed by atoms with Gasteiger partial charge in [0.05, 0.1) is 33.6 Å². The molecule has 1 fully saturated rings. The van der Waals surface area contributed by atoms with Crippen LogP contribution in [0.15, 0.2) is 46.0 Å². The number of furan rings is 1. The number of methoxy groups -OCH3 is 2. The van der Waals surface area contributed by atoms with E-state index in [4.69, 9.17) is 23.6 Å². The monoisotopic (exact) mass is 515 g/mol. The molecule has 0 saturated carbocycles. The standard InChI is InChI=1S/C21H29N3O4.HI/c1-25-19-6-5-17(20(12-19)26-2)14-24-21(23-13-16-8-11-27-15-16)22-9-7-18-4-3-10-28-18;/h3-6,10,12,16H,7-9,11,13-15H2,1-2H3,(H2,22,23,24);1H. The van der Waals surface area contributed by atoms with Gasteiger partial charge in [0.15, 0.2) is 5.96 Å². The van der Waals surface area contributed by atoms with Gasteiger partial charge in [0.1, 0.15) is 17.3 Å². The predicted molar refractivity (Wildman–Crippen MR) is 123 cm³/mol. The molecule has 0 aliphatic carbocycles. The number of hydrogen-bond acceptors (Lipinski definition) is 5. The first-order chi connectivity index (χ1) is 13.8. The van der Waals surface area contributed by atoms with Crippen LogP contribution in [0.4, 0.5) is 0 Å². The molecule has 1 aromatic carbocycles. The number of aliphatic imine (C=N–C) groups is 1. The van der Waals surface area contributed by atoms with Gasteiger partial charge in [-0.3, -0.25) is 0 Å². The molecule has 160 valence electrons. The molecule has 2 N–H and O–H groups in total. The second-order valence-electron chi connectivity index (χ2n) is 6.71. The van der Waals surface area contributed by atoms with Crippen molar-refractivity contribution in [2.45, 2.75) is 19.4 Å². The number of benzene rings is 1. The third-order valence-corrected chi connectivity index (χ3v) is 4.73. The first-order valence-corrected chi connectivity index (χ1v) is 9.61.